The van der Waals surface area contributed by atoms with Crippen LogP contribution in [-0.4, -0.2) is 43.9 Å². The molecular formula is C20H26N4OS. The van der Waals surface area contributed by atoms with Crippen molar-refractivity contribution in [2.75, 3.05) is 13.1 Å². The molecule has 26 heavy (non-hydrogen) atoms. The van der Waals surface area contributed by atoms with E-state index in [1.165, 1.54) is 24.8 Å². The number of piperidine rings is 1. The van der Waals surface area contributed by atoms with Crippen LogP contribution in [-0.2, 0) is 11.3 Å². The number of carbonyl (C=O) groups is 1. The summed E-state index contributed by atoms with van der Waals surface area (Å²) in [4.78, 5) is 14.8. The van der Waals surface area contributed by atoms with Gasteiger partial charge in [-0.25, -0.2) is 0 Å². The van der Waals surface area contributed by atoms with Gasteiger partial charge in [-0.05, 0) is 44.6 Å². The van der Waals surface area contributed by atoms with Crippen LogP contribution < -0.4 is 0 Å². The van der Waals surface area contributed by atoms with Crippen LogP contribution in [0.1, 0.15) is 56.3 Å². The molecule has 1 atom stereocenters. The summed E-state index contributed by atoms with van der Waals surface area (Å²) in [5.74, 6) is 1.85. The molecule has 5 nitrogen and oxygen atoms in total. The zero-order chi connectivity index (χ0) is 17.9. The Hall–Kier alpha value is -1.82. The molecule has 2 aromatic rings. The first-order valence-electron chi connectivity index (χ1n) is 9.65. The van der Waals surface area contributed by atoms with Gasteiger partial charge in [-0.15, -0.1) is 10.2 Å². The third-order valence-corrected chi connectivity index (χ3v) is 6.24. The van der Waals surface area contributed by atoms with Crippen molar-refractivity contribution in [1.82, 2.24) is 19.7 Å². The zero-order valence-electron chi connectivity index (χ0n) is 15.3. The molecule has 0 unspecified atom stereocenters. The minimum Gasteiger partial charge on any atom is -0.342 e. The predicted octanol–water partition coefficient (Wildman–Crippen LogP) is 3.70. The van der Waals surface area contributed by atoms with Gasteiger partial charge in [0, 0.05) is 19.0 Å². The molecule has 1 amide bonds. The minimum absolute atomic E-state index is 0.126. The van der Waals surface area contributed by atoms with Gasteiger partial charge < -0.3 is 9.47 Å². The lowest BCUT2D eigenvalue weighted by atomic mass is 10.1. The molecule has 6 heteroatoms. The summed E-state index contributed by atoms with van der Waals surface area (Å²) < 4.78 is 2.22. The van der Waals surface area contributed by atoms with E-state index in [1.807, 2.05) is 17.9 Å². The molecule has 4 rings (SSSR count). The van der Waals surface area contributed by atoms with Crippen LogP contribution in [0.25, 0.3) is 0 Å². The quantitative estimate of drug-likeness (QED) is 0.728. The summed E-state index contributed by atoms with van der Waals surface area (Å²) in [6.45, 7) is 4.56. The first-order chi connectivity index (χ1) is 12.7. The van der Waals surface area contributed by atoms with Gasteiger partial charge in [0.25, 0.3) is 0 Å². The highest BCUT2D eigenvalue weighted by atomic mass is 32.2. The minimum atomic E-state index is -0.126. The number of aromatic nitrogens is 3. The van der Waals surface area contributed by atoms with Gasteiger partial charge in [-0.2, -0.15) is 0 Å². The van der Waals surface area contributed by atoms with Crippen molar-refractivity contribution < 1.29 is 4.79 Å². The van der Waals surface area contributed by atoms with Crippen LogP contribution in [0.4, 0.5) is 0 Å². The lowest BCUT2D eigenvalue weighted by Crippen LogP contribution is -2.40. The van der Waals surface area contributed by atoms with Crippen molar-refractivity contribution in [2.45, 2.75) is 61.9 Å². The van der Waals surface area contributed by atoms with Crippen LogP contribution in [0.2, 0.25) is 0 Å². The Balaban J connectivity index is 1.51. The third-order valence-electron chi connectivity index (χ3n) is 5.17. The van der Waals surface area contributed by atoms with E-state index in [2.05, 4.69) is 39.0 Å². The maximum Gasteiger partial charge on any atom is 0.235 e. The lowest BCUT2D eigenvalue weighted by Gasteiger charge is -2.28. The molecule has 1 aliphatic carbocycles. The van der Waals surface area contributed by atoms with Crippen LogP contribution in [0.15, 0.2) is 35.5 Å². The normalized spacial score (nSPS) is 18.7. The summed E-state index contributed by atoms with van der Waals surface area (Å²) in [5.41, 5.74) is 1.24. The number of rotatable bonds is 6. The van der Waals surface area contributed by atoms with Crippen molar-refractivity contribution in [3.63, 3.8) is 0 Å². The molecule has 1 saturated heterocycles. The number of amides is 1. The van der Waals surface area contributed by atoms with E-state index < -0.39 is 0 Å². The van der Waals surface area contributed by atoms with Gasteiger partial charge in [-0.1, -0.05) is 42.1 Å². The summed E-state index contributed by atoms with van der Waals surface area (Å²) >= 11 is 1.56. The molecule has 0 bridgehead atoms. The fourth-order valence-corrected chi connectivity index (χ4v) is 4.46. The second-order valence-electron chi connectivity index (χ2n) is 7.33. The second kappa shape index (κ2) is 7.82. The van der Waals surface area contributed by atoms with Crippen LogP contribution in [0, 0.1) is 0 Å². The van der Waals surface area contributed by atoms with Crippen molar-refractivity contribution in [2.24, 2.45) is 0 Å². The number of thioether (sulfide) groups is 1. The monoisotopic (exact) mass is 370 g/mol. The summed E-state index contributed by atoms with van der Waals surface area (Å²) in [6.07, 6.45) is 5.87. The van der Waals surface area contributed by atoms with Crippen molar-refractivity contribution in [1.29, 1.82) is 0 Å². The second-order valence-corrected chi connectivity index (χ2v) is 8.64. The van der Waals surface area contributed by atoms with Gasteiger partial charge in [0.2, 0.25) is 5.91 Å². The summed E-state index contributed by atoms with van der Waals surface area (Å²) in [6, 6.07) is 10.4. The number of hydrogen-bond donors (Lipinski definition) is 0. The molecule has 2 heterocycles. The standard InChI is InChI=1S/C20H26N4OS/c1-15(19(25)23-12-6-3-7-13-23)26-20-22-21-18(17-10-11-17)24(20)14-16-8-4-2-5-9-16/h2,4-5,8-9,15,17H,3,6-7,10-14H2,1H3/t15-/m0/s1. The third kappa shape index (κ3) is 3.95. The first-order valence-corrected chi connectivity index (χ1v) is 10.5. The Morgan fingerprint density at radius 1 is 1.15 bits per heavy atom. The van der Waals surface area contributed by atoms with Gasteiger partial charge in [-0.3, -0.25) is 4.79 Å². The largest absolute Gasteiger partial charge is 0.342 e. The molecule has 0 spiro atoms. The Morgan fingerprint density at radius 3 is 2.58 bits per heavy atom. The Kier molecular flexibility index (Phi) is 5.29. The van der Waals surface area contributed by atoms with Gasteiger partial charge in [0.1, 0.15) is 5.82 Å². The maximum atomic E-state index is 12.8. The van der Waals surface area contributed by atoms with Gasteiger partial charge >= 0.3 is 0 Å². The predicted molar refractivity (Wildman–Crippen MR) is 103 cm³/mol. The molecule has 1 saturated carbocycles. The fraction of sp³-hybridized carbons (Fsp3) is 0.550. The highest BCUT2D eigenvalue weighted by Crippen LogP contribution is 2.40. The van der Waals surface area contributed by atoms with Crippen LogP contribution in [0.5, 0.6) is 0 Å². The Labute approximate surface area is 159 Å². The Bertz CT molecular complexity index is 750. The molecule has 2 fully saturated rings. The van der Waals surface area contributed by atoms with Crippen LogP contribution in [0.3, 0.4) is 0 Å². The maximum absolute atomic E-state index is 12.8. The SMILES string of the molecule is C[C@H](Sc1nnc(C2CC2)n1Cc1ccccc1)C(=O)N1CCCCC1. The number of carbonyl (C=O) groups excluding carboxylic acids is 1. The zero-order valence-corrected chi connectivity index (χ0v) is 16.1. The molecule has 138 valence electrons. The average molecular weight is 371 g/mol. The number of benzene rings is 1. The van der Waals surface area contributed by atoms with Gasteiger partial charge in [0.15, 0.2) is 5.16 Å². The van der Waals surface area contributed by atoms with E-state index in [0.717, 1.165) is 43.5 Å². The highest BCUT2D eigenvalue weighted by Gasteiger charge is 2.32. The molecule has 2 aliphatic rings. The van der Waals surface area contributed by atoms with Crippen molar-refractivity contribution in [3.05, 3.63) is 41.7 Å². The van der Waals surface area contributed by atoms with E-state index in [-0.39, 0.29) is 11.2 Å². The van der Waals surface area contributed by atoms with E-state index in [4.69, 9.17) is 0 Å². The molecule has 0 N–H and O–H groups in total. The van der Waals surface area contributed by atoms with Gasteiger partial charge in [0.05, 0.1) is 11.8 Å². The first kappa shape index (κ1) is 17.6. The molecular weight excluding hydrogens is 344 g/mol. The summed E-state index contributed by atoms with van der Waals surface area (Å²) in [7, 11) is 0. The lowest BCUT2D eigenvalue weighted by molar-refractivity contribution is -0.131. The average Bonchev–Trinajstić information content (AvgIpc) is 3.46. The van der Waals surface area contributed by atoms with Crippen LogP contribution >= 0.6 is 11.8 Å². The molecule has 1 aliphatic heterocycles. The Morgan fingerprint density at radius 2 is 1.88 bits per heavy atom. The summed E-state index contributed by atoms with van der Waals surface area (Å²) in [5, 5.41) is 9.66. The van der Waals surface area contributed by atoms with E-state index in [1.54, 1.807) is 11.8 Å². The van der Waals surface area contributed by atoms with E-state index in [0.29, 0.717) is 5.92 Å². The molecule has 1 aromatic heterocycles. The van der Waals surface area contributed by atoms with E-state index >= 15 is 0 Å². The number of likely N-dealkylation sites (tertiary alicyclic amines) is 1. The smallest absolute Gasteiger partial charge is 0.235 e. The number of nitrogens with zero attached hydrogens (tertiary/aromatic N) is 4. The highest BCUT2D eigenvalue weighted by molar-refractivity contribution is 8.00. The van der Waals surface area contributed by atoms with E-state index in [9.17, 15) is 4.79 Å². The van der Waals surface area contributed by atoms with Crippen molar-refractivity contribution in [3.8, 4) is 0 Å². The topological polar surface area (TPSA) is 51.0 Å². The fourth-order valence-electron chi connectivity index (χ4n) is 3.53. The molecule has 0 radical (unpaired) electrons. The number of hydrogen-bond acceptors (Lipinski definition) is 4. The van der Waals surface area contributed by atoms with Crippen molar-refractivity contribution >= 4 is 17.7 Å². The molecule has 1 aromatic carbocycles.